The molecule has 1 aromatic carbocycles. The third-order valence-corrected chi connectivity index (χ3v) is 3.00. The molecule has 2 N–H and O–H groups in total. The van der Waals surface area contributed by atoms with Crippen LogP contribution in [0.15, 0.2) is 36.9 Å². The lowest BCUT2D eigenvalue weighted by molar-refractivity contribution is 0.715. The van der Waals surface area contributed by atoms with Gasteiger partial charge in [0.1, 0.15) is 0 Å². The van der Waals surface area contributed by atoms with Crippen LogP contribution >= 0.6 is 0 Å². The van der Waals surface area contributed by atoms with Crippen molar-refractivity contribution in [1.82, 2.24) is 9.55 Å². The molecule has 0 aliphatic carbocycles. The first-order valence-electron chi connectivity index (χ1n) is 6.18. The highest BCUT2D eigenvalue weighted by Gasteiger charge is 2.07. The first kappa shape index (κ1) is 11.7. The van der Waals surface area contributed by atoms with Gasteiger partial charge in [-0.1, -0.05) is 25.8 Å². The molecule has 0 saturated heterocycles. The number of benzene rings is 1. The Hall–Kier alpha value is -1.77. The molecule has 0 aliphatic rings. The third kappa shape index (κ3) is 2.67. The zero-order valence-corrected chi connectivity index (χ0v) is 10.3. The molecule has 0 amide bonds. The SMILES string of the molecule is CCCCCc1c(N)cccc1-n1ccnc1. The zero-order chi connectivity index (χ0) is 12.1. The minimum absolute atomic E-state index is 0.882. The first-order valence-corrected chi connectivity index (χ1v) is 6.18. The van der Waals surface area contributed by atoms with E-state index in [1.54, 1.807) is 6.20 Å². The smallest absolute Gasteiger partial charge is 0.0991 e. The molecule has 90 valence electrons. The molecule has 2 aromatic rings. The first-order chi connectivity index (χ1) is 8.33. The molecule has 0 fully saturated rings. The van der Waals surface area contributed by atoms with Crippen molar-refractivity contribution in [2.45, 2.75) is 32.6 Å². The van der Waals surface area contributed by atoms with Gasteiger partial charge in [-0.25, -0.2) is 4.98 Å². The van der Waals surface area contributed by atoms with E-state index in [2.05, 4.69) is 18.0 Å². The number of rotatable bonds is 5. The number of hydrogen-bond donors (Lipinski definition) is 1. The monoisotopic (exact) mass is 229 g/mol. The van der Waals surface area contributed by atoms with E-state index >= 15 is 0 Å². The number of unbranched alkanes of at least 4 members (excludes halogenated alkanes) is 2. The number of hydrogen-bond acceptors (Lipinski definition) is 2. The lowest BCUT2D eigenvalue weighted by atomic mass is 10.0. The summed E-state index contributed by atoms with van der Waals surface area (Å²) in [6.45, 7) is 2.21. The molecule has 0 atom stereocenters. The van der Waals surface area contributed by atoms with Crippen LogP contribution in [0.4, 0.5) is 5.69 Å². The van der Waals surface area contributed by atoms with E-state index in [-0.39, 0.29) is 0 Å². The largest absolute Gasteiger partial charge is 0.398 e. The summed E-state index contributed by atoms with van der Waals surface area (Å²) in [4.78, 5) is 4.09. The number of anilines is 1. The van der Waals surface area contributed by atoms with Crippen LogP contribution in [0.3, 0.4) is 0 Å². The maximum atomic E-state index is 6.08. The third-order valence-electron chi connectivity index (χ3n) is 3.00. The van der Waals surface area contributed by atoms with Gasteiger partial charge in [0.25, 0.3) is 0 Å². The summed E-state index contributed by atoms with van der Waals surface area (Å²) in [6, 6.07) is 6.06. The van der Waals surface area contributed by atoms with Gasteiger partial charge < -0.3 is 10.3 Å². The molecule has 17 heavy (non-hydrogen) atoms. The highest BCUT2D eigenvalue weighted by atomic mass is 15.0. The summed E-state index contributed by atoms with van der Waals surface area (Å²) in [7, 11) is 0. The Kier molecular flexibility index (Phi) is 3.81. The maximum absolute atomic E-state index is 6.08. The molecule has 1 aromatic heterocycles. The van der Waals surface area contributed by atoms with Gasteiger partial charge >= 0.3 is 0 Å². The van der Waals surface area contributed by atoms with Crippen LogP contribution in [0.2, 0.25) is 0 Å². The van der Waals surface area contributed by atoms with Crippen molar-refractivity contribution in [3.05, 3.63) is 42.5 Å². The van der Waals surface area contributed by atoms with Crippen molar-refractivity contribution in [2.75, 3.05) is 5.73 Å². The standard InChI is InChI=1S/C14H19N3/c1-2-3-4-6-12-13(15)7-5-8-14(12)17-10-9-16-11-17/h5,7-11H,2-4,6,15H2,1H3. The van der Waals surface area contributed by atoms with Crippen LogP contribution in [0, 0.1) is 0 Å². The molecule has 0 radical (unpaired) electrons. The normalized spacial score (nSPS) is 10.6. The zero-order valence-electron chi connectivity index (χ0n) is 10.3. The van der Waals surface area contributed by atoms with Gasteiger partial charge in [0, 0.05) is 18.1 Å². The van der Waals surface area contributed by atoms with Gasteiger partial charge in [-0.3, -0.25) is 0 Å². The summed E-state index contributed by atoms with van der Waals surface area (Å²) in [5.41, 5.74) is 9.34. The fourth-order valence-corrected chi connectivity index (χ4v) is 2.06. The minimum Gasteiger partial charge on any atom is -0.398 e. The second-order valence-corrected chi connectivity index (χ2v) is 4.27. The highest BCUT2D eigenvalue weighted by Crippen LogP contribution is 2.23. The van der Waals surface area contributed by atoms with Crippen molar-refractivity contribution in [3.8, 4) is 5.69 Å². The van der Waals surface area contributed by atoms with Gasteiger partial charge in [0.2, 0.25) is 0 Å². The van der Waals surface area contributed by atoms with Crippen LogP contribution in [-0.4, -0.2) is 9.55 Å². The summed E-state index contributed by atoms with van der Waals surface area (Å²) in [5, 5.41) is 0. The predicted molar refractivity (Wildman–Crippen MR) is 71.2 cm³/mol. The van der Waals surface area contributed by atoms with Crippen LogP contribution in [0.5, 0.6) is 0 Å². The van der Waals surface area contributed by atoms with E-state index in [9.17, 15) is 0 Å². The second kappa shape index (κ2) is 5.53. The van der Waals surface area contributed by atoms with Crippen molar-refractivity contribution in [3.63, 3.8) is 0 Å². The van der Waals surface area contributed by atoms with Crippen LogP contribution in [0.1, 0.15) is 31.7 Å². The molecule has 3 heteroatoms. The fourth-order valence-electron chi connectivity index (χ4n) is 2.06. The van der Waals surface area contributed by atoms with E-state index in [4.69, 9.17) is 5.73 Å². The summed E-state index contributed by atoms with van der Waals surface area (Å²) >= 11 is 0. The van der Waals surface area contributed by atoms with E-state index < -0.39 is 0 Å². The van der Waals surface area contributed by atoms with E-state index in [1.807, 2.05) is 29.2 Å². The molecular formula is C14H19N3. The average Bonchev–Trinajstić information content (AvgIpc) is 2.85. The number of nitrogens with zero attached hydrogens (tertiary/aromatic N) is 2. The van der Waals surface area contributed by atoms with E-state index in [1.165, 1.54) is 24.8 Å². The Morgan fingerprint density at radius 2 is 2.18 bits per heavy atom. The molecule has 0 aliphatic heterocycles. The quantitative estimate of drug-likeness (QED) is 0.632. The number of nitrogens with two attached hydrogens (primary N) is 1. The Balaban J connectivity index is 2.28. The van der Waals surface area contributed by atoms with Gasteiger partial charge in [-0.05, 0) is 30.5 Å². The number of aromatic nitrogens is 2. The lowest BCUT2D eigenvalue weighted by Gasteiger charge is -2.12. The Morgan fingerprint density at radius 1 is 1.29 bits per heavy atom. The van der Waals surface area contributed by atoms with Gasteiger partial charge in [0.05, 0.1) is 12.0 Å². The molecule has 3 nitrogen and oxygen atoms in total. The summed E-state index contributed by atoms with van der Waals surface area (Å²) in [5.74, 6) is 0. The maximum Gasteiger partial charge on any atom is 0.0991 e. The van der Waals surface area contributed by atoms with E-state index in [0.29, 0.717) is 0 Å². The topological polar surface area (TPSA) is 43.8 Å². The molecule has 0 unspecified atom stereocenters. The molecule has 2 rings (SSSR count). The fraction of sp³-hybridized carbons (Fsp3) is 0.357. The molecule has 0 saturated carbocycles. The molecule has 1 heterocycles. The van der Waals surface area contributed by atoms with E-state index in [0.717, 1.165) is 17.8 Å². The van der Waals surface area contributed by atoms with Crippen molar-refractivity contribution in [2.24, 2.45) is 0 Å². The molecule has 0 spiro atoms. The Labute approximate surface area is 102 Å². The highest BCUT2D eigenvalue weighted by molar-refractivity contribution is 5.57. The Bertz CT molecular complexity index is 460. The van der Waals surface area contributed by atoms with Crippen molar-refractivity contribution >= 4 is 5.69 Å². The van der Waals surface area contributed by atoms with Gasteiger partial charge in [0.15, 0.2) is 0 Å². The van der Waals surface area contributed by atoms with Crippen molar-refractivity contribution in [1.29, 1.82) is 0 Å². The minimum atomic E-state index is 0.882. The average molecular weight is 229 g/mol. The molecule has 0 bridgehead atoms. The summed E-state index contributed by atoms with van der Waals surface area (Å²) < 4.78 is 2.03. The number of nitrogen functional groups attached to an aromatic ring is 1. The molecular weight excluding hydrogens is 210 g/mol. The second-order valence-electron chi connectivity index (χ2n) is 4.27. The predicted octanol–water partition coefficient (Wildman–Crippen LogP) is 3.19. The van der Waals surface area contributed by atoms with Crippen LogP contribution < -0.4 is 5.73 Å². The van der Waals surface area contributed by atoms with Gasteiger partial charge in [-0.15, -0.1) is 0 Å². The number of imidazole rings is 1. The lowest BCUT2D eigenvalue weighted by Crippen LogP contribution is -2.02. The van der Waals surface area contributed by atoms with Crippen molar-refractivity contribution < 1.29 is 0 Å². The summed E-state index contributed by atoms with van der Waals surface area (Å²) in [6.07, 6.45) is 10.3. The van der Waals surface area contributed by atoms with Crippen LogP contribution in [-0.2, 0) is 6.42 Å². The Morgan fingerprint density at radius 3 is 2.88 bits per heavy atom. The van der Waals surface area contributed by atoms with Crippen LogP contribution in [0.25, 0.3) is 5.69 Å². The van der Waals surface area contributed by atoms with Gasteiger partial charge in [-0.2, -0.15) is 0 Å².